The first-order chi connectivity index (χ1) is 12.9. The number of anilines is 1. The monoisotopic (exact) mass is 373 g/mol. The molecule has 0 aromatic heterocycles. The molecule has 0 saturated carbocycles. The van der Waals surface area contributed by atoms with Gasteiger partial charge in [0.15, 0.2) is 18.1 Å². The first-order valence-electron chi connectivity index (χ1n) is 8.38. The van der Waals surface area contributed by atoms with Crippen molar-refractivity contribution < 1.29 is 28.5 Å². The second-order valence-corrected chi connectivity index (χ2v) is 5.89. The lowest BCUT2D eigenvalue weighted by molar-refractivity contribution is -0.118. The lowest BCUT2D eigenvalue weighted by atomic mass is 10.2. The largest absolute Gasteiger partial charge is 0.497 e. The van der Waals surface area contributed by atoms with Gasteiger partial charge in [0.1, 0.15) is 5.75 Å². The highest BCUT2D eigenvalue weighted by Gasteiger charge is 2.14. The van der Waals surface area contributed by atoms with Gasteiger partial charge in [0.05, 0.1) is 25.9 Å². The molecule has 0 aliphatic carbocycles. The molecule has 27 heavy (non-hydrogen) atoms. The van der Waals surface area contributed by atoms with Crippen LogP contribution in [0.1, 0.15) is 24.2 Å². The number of benzene rings is 2. The van der Waals surface area contributed by atoms with Gasteiger partial charge < -0.3 is 24.3 Å². The van der Waals surface area contributed by atoms with E-state index >= 15 is 0 Å². The molecule has 2 rings (SSSR count). The molecule has 0 fully saturated rings. The third-order valence-electron chi connectivity index (χ3n) is 3.47. The lowest BCUT2D eigenvalue weighted by Crippen LogP contribution is -2.20. The Labute approximate surface area is 158 Å². The fourth-order valence-corrected chi connectivity index (χ4v) is 2.21. The predicted molar refractivity (Wildman–Crippen MR) is 101 cm³/mol. The predicted octanol–water partition coefficient (Wildman–Crippen LogP) is 3.29. The summed E-state index contributed by atoms with van der Waals surface area (Å²) in [5.74, 6) is 0.608. The molecule has 0 saturated heterocycles. The van der Waals surface area contributed by atoms with Crippen molar-refractivity contribution in [1.82, 2.24) is 0 Å². The van der Waals surface area contributed by atoms with Crippen LogP contribution in [0.5, 0.6) is 17.2 Å². The van der Waals surface area contributed by atoms with Crippen molar-refractivity contribution in [3.63, 3.8) is 0 Å². The summed E-state index contributed by atoms with van der Waals surface area (Å²) in [4.78, 5) is 24.0. The molecular weight excluding hydrogens is 350 g/mol. The van der Waals surface area contributed by atoms with Gasteiger partial charge in [-0.2, -0.15) is 0 Å². The highest BCUT2D eigenvalue weighted by Crippen LogP contribution is 2.28. The van der Waals surface area contributed by atoms with E-state index in [2.05, 4.69) is 5.32 Å². The van der Waals surface area contributed by atoms with Crippen LogP contribution in [-0.4, -0.2) is 38.8 Å². The zero-order valence-electron chi connectivity index (χ0n) is 15.8. The van der Waals surface area contributed by atoms with Crippen molar-refractivity contribution in [2.75, 3.05) is 26.1 Å². The van der Waals surface area contributed by atoms with Gasteiger partial charge in [0, 0.05) is 5.69 Å². The highest BCUT2D eigenvalue weighted by atomic mass is 16.5. The Kier molecular flexibility index (Phi) is 7.05. The molecule has 0 atom stereocenters. The second kappa shape index (κ2) is 9.47. The first kappa shape index (κ1) is 20.1. The number of ether oxygens (including phenoxy) is 4. The molecule has 0 unspecified atom stereocenters. The molecule has 0 aliphatic heterocycles. The van der Waals surface area contributed by atoms with Crippen LogP contribution in [-0.2, 0) is 9.53 Å². The minimum atomic E-state index is -0.452. The van der Waals surface area contributed by atoms with Gasteiger partial charge in [-0.25, -0.2) is 4.79 Å². The zero-order chi connectivity index (χ0) is 19.8. The summed E-state index contributed by atoms with van der Waals surface area (Å²) in [6.45, 7) is 3.33. The molecule has 2 aromatic rings. The topological polar surface area (TPSA) is 83.1 Å². The summed E-state index contributed by atoms with van der Waals surface area (Å²) >= 11 is 0. The van der Waals surface area contributed by atoms with Gasteiger partial charge in [0.2, 0.25) is 0 Å². The molecule has 7 nitrogen and oxygen atoms in total. The van der Waals surface area contributed by atoms with Crippen LogP contribution in [0.3, 0.4) is 0 Å². The Morgan fingerprint density at radius 1 is 0.963 bits per heavy atom. The first-order valence-corrected chi connectivity index (χ1v) is 8.38. The third kappa shape index (κ3) is 5.91. The fourth-order valence-electron chi connectivity index (χ4n) is 2.21. The molecule has 1 N–H and O–H groups in total. The fraction of sp³-hybridized carbons (Fsp3) is 0.300. The van der Waals surface area contributed by atoms with E-state index < -0.39 is 5.97 Å². The molecule has 0 heterocycles. The van der Waals surface area contributed by atoms with Crippen LogP contribution < -0.4 is 19.5 Å². The number of hydrogen-bond acceptors (Lipinski definition) is 6. The Hall–Kier alpha value is -3.22. The minimum absolute atomic E-state index is 0.210. The SMILES string of the molecule is COc1ccc(NC(=O)COc2ccc(C(=O)OC(C)C)cc2OC)cc1. The third-order valence-corrected chi connectivity index (χ3v) is 3.47. The summed E-state index contributed by atoms with van der Waals surface area (Å²) in [6, 6.07) is 11.6. The van der Waals surface area contributed by atoms with Crippen LogP contribution in [0.25, 0.3) is 0 Å². The average Bonchev–Trinajstić information content (AvgIpc) is 2.66. The van der Waals surface area contributed by atoms with Gasteiger partial charge in [-0.15, -0.1) is 0 Å². The molecular formula is C20H23NO6. The van der Waals surface area contributed by atoms with Crippen LogP contribution in [0, 0.1) is 0 Å². The normalized spacial score (nSPS) is 10.3. The van der Waals surface area contributed by atoms with Crippen LogP contribution >= 0.6 is 0 Å². The van der Waals surface area contributed by atoms with Gasteiger partial charge in [-0.3, -0.25) is 4.79 Å². The van der Waals surface area contributed by atoms with E-state index in [-0.39, 0.29) is 18.6 Å². The van der Waals surface area contributed by atoms with E-state index in [9.17, 15) is 9.59 Å². The van der Waals surface area contributed by atoms with E-state index in [1.54, 1.807) is 57.4 Å². The maximum Gasteiger partial charge on any atom is 0.338 e. The number of carbonyl (C=O) groups is 2. The standard InChI is InChI=1S/C20H23NO6/c1-13(2)27-20(23)14-5-10-17(18(11-14)25-4)26-12-19(22)21-15-6-8-16(24-3)9-7-15/h5-11,13H,12H2,1-4H3,(H,21,22). The molecule has 2 aromatic carbocycles. The van der Waals surface area contributed by atoms with Crippen LogP contribution in [0.15, 0.2) is 42.5 Å². The van der Waals surface area contributed by atoms with Crippen molar-refractivity contribution in [3.05, 3.63) is 48.0 Å². The van der Waals surface area contributed by atoms with Crippen molar-refractivity contribution in [2.45, 2.75) is 20.0 Å². The van der Waals surface area contributed by atoms with Crippen molar-refractivity contribution in [3.8, 4) is 17.2 Å². The van der Waals surface area contributed by atoms with Crippen molar-refractivity contribution >= 4 is 17.6 Å². The van der Waals surface area contributed by atoms with Gasteiger partial charge in [-0.1, -0.05) is 0 Å². The van der Waals surface area contributed by atoms with E-state index in [0.717, 1.165) is 0 Å². The number of carbonyl (C=O) groups excluding carboxylic acids is 2. The van der Waals surface area contributed by atoms with E-state index in [0.29, 0.717) is 28.5 Å². The summed E-state index contributed by atoms with van der Waals surface area (Å²) in [7, 11) is 3.03. The Morgan fingerprint density at radius 3 is 2.26 bits per heavy atom. The molecule has 0 spiro atoms. The number of hydrogen-bond donors (Lipinski definition) is 1. The number of amides is 1. The van der Waals surface area contributed by atoms with Crippen LogP contribution in [0.2, 0.25) is 0 Å². The van der Waals surface area contributed by atoms with Gasteiger partial charge in [-0.05, 0) is 56.3 Å². The molecule has 144 valence electrons. The Bertz CT molecular complexity index is 786. The minimum Gasteiger partial charge on any atom is -0.497 e. The van der Waals surface area contributed by atoms with E-state index in [1.807, 2.05) is 0 Å². The van der Waals surface area contributed by atoms with Gasteiger partial charge >= 0.3 is 5.97 Å². The maximum absolute atomic E-state index is 12.1. The summed E-state index contributed by atoms with van der Waals surface area (Å²) < 4.78 is 21.0. The number of methoxy groups -OCH3 is 2. The molecule has 1 amide bonds. The maximum atomic E-state index is 12.1. The van der Waals surface area contributed by atoms with E-state index in [4.69, 9.17) is 18.9 Å². The van der Waals surface area contributed by atoms with Crippen molar-refractivity contribution in [2.24, 2.45) is 0 Å². The molecule has 0 radical (unpaired) electrons. The zero-order valence-corrected chi connectivity index (χ0v) is 15.8. The summed E-state index contributed by atoms with van der Waals surface area (Å²) in [6.07, 6.45) is -0.221. The number of nitrogens with one attached hydrogen (secondary N) is 1. The Morgan fingerprint density at radius 2 is 1.67 bits per heavy atom. The molecule has 7 heteroatoms. The number of esters is 1. The second-order valence-electron chi connectivity index (χ2n) is 5.89. The Balaban J connectivity index is 1.97. The van der Waals surface area contributed by atoms with Crippen molar-refractivity contribution in [1.29, 1.82) is 0 Å². The van der Waals surface area contributed by atoms with E-state index in [1.165, 1.54) is 13.2 Å². The quantitative estimate of drug-likeness (QED) is 0.715. The van der Waals surface area contributed by atoms with Crippen LogP contribution in [0.4, 0.5) is 5.69 Å². The smallest absolute Gasteiger partial charge is 0.338 e. The highest BCUT2D eigenvalue weighted by molar-refractivity contribution is 5.92. The number of rotatable bonds is 8. The molecule has 0 bridgehead atoms. The summed E-state index contributed by atoms with van der Waals surface area (Å²) in [5.41, 5.74) is 0.971. The summed E-state index contributed by atoms with van der Waals surface area (Å²) in [5, 5.41) is 2.72. The lowest BCUT2D eigenvalue weighted by Gasteiger charge is -2.13. The van der Waals surface area contributed by atoms with Gasteiger partial charge in [0.25, 0.3) is 5.91 Å². The molecule has 0 aliphatic rings. The average molecular weight is 373 g/mol.